The van der Waals surface area contributed by atoms with Crippen LogP contribution in [0.5, 0.6) is 0 Å². The lowest BCUT2D eigenvalue weighted by Gasteiger charge is -2.32. The van der Waals surface area contributed by atoms with Gasteiger partial charge in [0.05, 0.1) is 19.1 Å². The first-order valence-corrected chi connectivity index (χ1v) is 9.72. The zero-order chi connectivity index (χ0) is 18.5. The van der Waals surface area contributed by atoms with E-state index in [4.69, 9.17) is 4.74 Å². The minimum atomic E-state index is -0.0355. The lowest BCUT2D eigenvalue weighted by Crippen LogP contribution is -2.44. The summed E-state index contributed by atoms with van der Waals surface area (Å²) in [5.74, 6) is 0.0557. The number of ether oxygens (including phenoxy) is 1. The summed E-state index contributed by atoms with van der Waals surface area (Å²) in [6, 6.07) is 16.9. The van der Waals surface area contributed by atoms with E-state index in [0.29, 0.717) is 19.6 Å². The molecule has 1 unspecified atom stereocenters. The Morgan fingerprint density at radius 1 is 1.11 bits per heavy atom. The molecule has 1 atom stereocenters. The number of morpholine rings is 1. The maximum atomic E-state index is 12.4. The number of fused-ring (bicyclic) bond motifs is 1. The predicted molar refractivity (Wildman–Crippen MR) is 105 cm³/mol. The lowest BCUT2D eigenvalue weighted by molar-refractivity contribution is -0.126. The van der Waals surface area contributed by atoms with Crippen molar-refractivity contribution in [1.29, 1.82) is 0 Å². The third kappa shape index (κ3) is 4.95. The van der Waals surface area contributed by atoms with Gasteiger partial charge in [-0.1, -0.05) is 48.5 Å². The van der Waals surface area contributed by atoms with Gasteiger partial charge < -0.3 is 15.4 Å². The van der Waals surface area contributed by atoms with Crippen LogP contribution in [0.25, 0.3) is 0 Å². The Hall–Kier alpha value is -2.21. The van der Waals surface area contributed by atoms with Crippen molar-refractivity contribution >= 4 is 5.91 Å². The van der Waals surface area contributed by atoms with E-state index in [1.807, 2.05) is 6.07 Å². The summed E-state index contributed by atoms with van der Waals surface area (Å²) in [7, 11) is 0. The lowest BCUT2D eigenvalue weighted by atomic mass is 10.1. The maximum Gasteiger partial charge on any atom is 0.222 e. The van der Waals surface area contributed by atoms with Crippen molar-refractivity contribution in [3.63, 3.8) is 0 Å². The molecule has 0 bridgehead atoms. The molecule has 2 heterocycles. The summed E-state index contributed by atoms with van der Waals surface area (Å²) in [6.45, 7) is 5.74. The Balaban J connectivity index is 1.24. The summed E-state index contributed by atoms with van der Waals surface area (Å²) in [5.41, 5.74) is 5.16. The molecule has 4 rings (SSSR count). The van der Waals surface area contributed by atoms with Crippen LogP contribution in [0.1, 0.15) is 28.7 Å². The Kier molecular flexibility index (Phi) is 5.82. The Bertz CT molecular complexity index is 778. The van der Waals surface area contributed by atoms with Crippen molar-refractivity contribution in [2.75, 3.05) is 19.7 Å². The molecular weight excluding hydrogens is 338 g/mol. The SMILES string of the molecule is O=C(CC1CN(Cc2ccccc2)CCO1)NCc1ccc2c(c1)CNC2. The van der Waals surface area contributed by atoms with E-state index >= 15 is 0 Å². The average Bonchev–Trinajstić information content (AvgIpc) is 3.15. The van der Waals surface area contributed by atoms with Crippen LogP contribution in [0.15, 0.2) is 48.5 Å². The van der Waals surface area contributed by atoms with Crippen molar-refractivity contribution in [3.05, 3.63) is 70.8 Å². The van der Waals surface area contributed by atoms with Gasteiger partial charge in [-0.05, 0) is 22.3 Å². The van der Waals surface area contributed by atoms with Gasteiger partial charge >= 0.3 is 0 Å². The van der Waals surface area contributed by atoms with Crippen LogP contribution in [0.3, 0.4) is 0 Å². The van der Waals surface area contributed by atoms with E-state index in [1.165, 1.54) is 16.7 Å². The zero-order valence-electron chi connectivity index (χ0n) is 15.6. The molecule has 2 aliphatic rings. The number of rotatable bonds is 6. The molecular formula is C22H27N3O2. The summed E-state index contributed by atoms with van der Waals surface area (Å²) in [5, 5.41) is 6.39. The fraction of sp³-hybridized carbons (Fsp3) is 0.409. The second kappa shape index (κ2) is 8.65. The highest BCUT2D eigenvalue weighted by molar-refractivity contribution is 5.76. The first-order chi connectivity index (χ1) is 13.3. The molecule has 0 aliphatic carbocycles. The van der Waals surface area contributed by atoms with Gasteiger partial charge in [-0.2, -0.15) is 0 Å². The number of benzene rings is 2. The number of amides is 1. The zero-order valence-corrected chi connectivity index (χ0v) is 15.6. The standard InChI is InChI=1S/C22H27N3O2/c26-22(24-12-18-6-7-19-13-23-14-20(19)10-18)11-21-16-25(8-9-27-21)15-17-4-2-1-3-5-17/h1-7,10,21,23H,8-9,11-16H2,(H,24,26). The highest BCUT2D eigenvalue weighted by Crippen LogP contribution is 2.17. The summed E-state index contributed by atoms with van der Waals surface area (Å²) >= 11 is 0. The molecule has 2 aromatic rings. The van der Waals surface area contributed by atoms with Gasteiger partial charge in [0.25, 0.3) is 0 Å². The van der Waals surface area contributed by atoms with E-state index in [1.54, 1.807) is 0 Å². The molecule has 1 saturated heterocycles. The highest BCUT2D eigenvalue weighted by Gasteiger charge is 2.23. The summed E-state index contributed by atoms with van der Waals surface area (Å²) in [4.78, 5) is 14.7. The van der Waals surface area contributed by atoms with Gasteiger partial charge in [0.2, 0.25) is 5.91 Å². The van der Waals surface area contributed by atoms with Crippen molar-refractivity contribution in [2.24, 2.45) is 0 Å². The number of nitrogens with one attached hydrogen (secondary N) is 2. The van der Waals surface area contributed by atoms with E-state index in [0.717, 1.165) is 38.3 Å². The largest absolute Gasteiger partial charge is 0.375 e. The Labute approximate surface area is 160 Å². The molecule has 0 radical (unpaired) electrons. The van der Waals surface area contributed by atoms with Gasteiger partial charge in [0.1, 0.15) is 0 Å². The van der Waals surface area contributed by atoms with Gasteiger partial charge in [-0.25, -0.2) is 0 Å². The molecule has 1 fully saturated rings. The van der Waals surface area contributed by atoms with Crippen LogP contribution in [0.4, 0.5) is 0 Å². The monoisotopic (exact) mass is 365 g/mol. The molecule has 0 aromatic heterocycles. The molecule has 27 heavy (non-hydrogen) atoms. The van der Waals surface area contributed by atoms with Gasteiger partial charge in [0, 0.05) is 39.3 Å². The molecule has 5 heteroatoms. The number of hydrogen-bond donors (Lipinski definition) is 2. The van der Waals surface area contributed by atoms with Crippen LogP contribution < -0.4 is 10.6 Å². The normalized spacial score (nSPS) is 19.6. The van der Waals surface area contributed by atoms with Crippen LogP contribution in [-0.2, 0) is 35.7 Å². The van der Waals surface area contributed by atoms with Crippen molar-refractivity contribution in [1.82, 2.24) is 15.5 Å². The van der Waals surface area contributed by atoms with E-state index in [2.05, 4.69) is 58.0 Å². The van der Waals surface area contributed by atoms with Crippen LogP contribution in [-0.4, -0.2) is 36.6 Å². The van der Waals surface area contributed by atoms with Crippen molar-refractivity contribution in [3.8, 4) is 0 Å². The second-order valence-electron chi connectivity index (χ2n) is 7.40. The van der Waals surface area contributed by atoms with Gasteiger partial charge in [-0.3, -0.25) is 9.69 Å². The Morgan fingerprint density at radius 3 is 2.85 bits per heavy atom. The summed E-state index contributed by atoms with van der Waals surface area (Å²) in [6.07, 6.45) is 0.379. The molecule has 2 N–H and O–H groups in total. The Morgan fingerprint density at radius 2 is 1.96 bits per heavy atom. The molecule has 142 valence electrons. The highest BCUT2D eigenvalue weighted by atomic mass is 16.5. The van der Waals surface area contributed by atoms with Gasteiger partial charge in [0.15, 0.2) is 0 Å². The van der Waals surface area contributed by atoms with Crippen molar-refractivity contribution in [2.45, 2.75) is 38.7 Å². The fourth-order valence-electron chi connectivity index (χ4n) is 3.83. The molecule has 2 aliphatic heterocycles. The molecule has 5 nitrogen and oxygen atoms in total. The number of nitrogens with zero attached hydrogens (tertiary/aromatic N) is 1. The molecule has 0 spiro atoms. The fourth-order valence-corrected chi connectivity index (χ4v) is 3.83. The quantitative estimate of drug-likeness (QED) is 0.824. The van der Waals surface area contributed by atoms with Crippen molar-refractivity contribution < 1.29 is 9.53 Å². The molecule has 0 saturated carbocycles. The van der Waals surface area contributed by atoms with Crippen LogP contribution in [0.2, 0.25) is 0 Å². The van der Waals surface area contributed by atoms with Gasteiger partial charge in [-0.15, -0.1) is 0 Å². The molecule has 1 amide bonds. The first-order valence-electron chi connectivity index (χ1n) is 9.72. The van der Waals surface area contributed by atoms with E-state index < -0.39 is 0 Å². The predicted octanol–water partition coefficient (Wildman–Crippen LogP) is 2.20. The average molecular weight is 365 g/mol. The minimum Gasteiger partial charge on any atom is -0.375 e. The van der Waals surface area contributed by atoms with E-state index in [9.17, 15) is 4.79 Å². The number of carbonyl (C=O) groups excluding carboxylic acids is 1. The van der Waals surface area contributed by atoms with Crippen LogP contribution >= 0.6 is 0 Å². The third-order valence-corrected chi connectivity index (χ3v) is 5.28. The van der Waals surface area contributed by atoms with Crippen LogP contribution in [0, 0.1) is 0 Å². The topological polar surface area (TPSA) is 53.6 Å². The smallest absolute Gasteiger partial charge is 0.222 e. The summed E-state index contributed by atoms with van der Waals surface area (Å²) < 4.78 is 5.82. The first kappa shape index (κ1) is 18.2. The minimum absolute atomic E-state index is 0.0355. The number of carbonyl (C=O) groups is 1. The molecule has 2 aromatic carbocycles. The maximum absolute atomic E-state index is 12.4. The number of hydrogen-bond acceptors (Lipinski definition) is 4. The van der Waals surface area contributed by atoms with E-state index in [-0.39, 0.29) is 12.0 Å². The second-order valence-corrected chi connectivity index (χ2v) is 7.40. The third-order valence-electron chi connectivity index (χ3n) is 5.28.